The Kier molecular flexibility index (Phi) is 5.63. The molecule has 4 nitrogen and oxygen atoms in total. The minimum atomic E-state index is -1.13. The summed E-state index contributed by atoms with van der Waals surface area (Å²) in [6.45, 7) is 1.78. The molecule has 4 aromatic rings. The van der Waals surface area contributed by atoms with Gasteiger partial charge < -0.3 is 4.74 Å². The number of esters is 1. The Balaban J connectivity index is 1.80. The molecular weight excluding hydrogens is 406 g/mol. The number of hydrogen-bond acceptors (Lipinski definition) is 4. The number of hydrogen-bond donors (Lipinski definition) is 0. The molecule has 0 aliphatic rings. The highest BCUT2D eigenvalue weighted by atomic mass is 32.2. The largest absolute Gasteiger partial charge is 0.402 e. The van der Waals surface area contributed by atoms with Crippen LogP contribution in [-0.4, -0.2) is 15.7 Å². The zero-order valence-corrected chi connectivity index (χ0v) is 16.7. The lowest BCUT2D eigenvalue weighted by atomic mass is 10.2. The normalized spacial score (nSPS) is 10.8. The first-order valence-corrected chi connectivity index (χ1v) is 9.90. The third-order valence-corrected chi connectivity index (χ3v) is 5.47. The highest BCUT2D eigenvalue weighted by molar-refractivity contribution is 7.99. The van der Waals surface area contributed by atoms with Crippen molar-refractivity contribution in [3.63, 3.8) is 0 Å². The molecule has 0 saturated carbocycles. The number of aromatic nitrogens is 2. The van der Waals surface area contributed by atoms with E-state index in [1.54, 1.807) is 19.1 Å². The van der Waals surface area contributed by atoms with Crippen molar-refractivity contribution in [2.45, 2.75) is 16.7 Å². The van der Waals surface area contributed by atoms with Crippen molar-refractivity contribution in [1.29, 1.82) is 0 Å². The Morgan fingerprint density at radius 1 is 0.900 bits per heavy atom. The van der Waals surface area contributed by atoms with Crippen LogP contribution in [0, 0.1) is 18.6 Å². The number of nitrogens with zero attached hydrogens (tertiary/aromatic N) is 2. The van der Waals surface area contributed by atoms with Crippen LogP contribution in [0.1, 0.15) is 16.1 Å². The standard InChI is InChI=1S/C23H16F2N2O2S/c1-15-21(30-17-11-6-3-7-12-17)22(27(26-15)16-9-4-2-5-10-16)29-23(28)20-18(24)13-8-14-19(20)25/h2-14H,1H3. The van der Waals surface area contributed by atoms with Crippen molar-refractivity contribution in [3.05, 3.63) is 102 Å². The van der Waals surface area contributed by atoms with Crippen molar-refractivity contribution < 1.29 is 18.3 Å². The van der Waals surface area contributed by atoms with Gasteiger partial charge in [0, 0.05) is 4.90 Å². The Morgan fingerprint density at radius 2 is 1.50 bits per heavy atom. The fraction of sp³-hybridized carbons (Fsp3) is 0.0435. The summed E-state index contributed by atoms with van der Waals surface area (Å²) >= 11 is 1.35. The number of halogens is 2. The number of para-hydroxylation sites is 1. The highest BCUT2D eigenvalue weighted by Crippen LogP contribution is 2.39. The van der Waals surface area contributed by atoms with Gasteiger partial charge >= 0.3 is 5.97 Å². The second-order valence-corrected chi connectivity index (χ2v) is 7.45. The Hall–Kier alpha value is -3.45. The summed E-state index contributed by atoms with van der Waals surface area (Å²) in [4.78, 5) is 14.2. The van der Waals surface area contributed by atoms with Crippen LogP contribution in [-0.2, 0) is 0 Å². The second kappa shape index (κ2) is 8.51. The number of rotatable bonds is 5. The molecule has 0 radical (unpaired) electrons. The van der Waals surface area contributed by atoms with Gasteiger partial charge in [0.15, 0.2) is 0 Å². The zero-order valence-electron chi connectivity index (χ0n) is 15.9. The second-order valence-electron chi connectivity index (χ2n) is 6.37. The first-order chi connectivity index (χ1) is 14.5. The summed E-state index contributed by atoms with van der Waals surface area (Å²) in [6.07, 6.45) is 0. The average Bonchev–Trinajstić information content (AvgIpc) is 3.05. The van der Waals surface area contributed by atoms with Crippen molar-refractivity contribution in [3.8, 4) is 11.6 Å². The van der Waals surface area contributed by atoms with E-state index in [2.05, 4.69) is 5.10 Å². The summed E-state index contributed by atoms with van der Waals surface area (Å²) in [5.41, 5.74) is 0.522. The van der Waals surface area contributed by atoms with Gasteiger partial charge in [-0.3, -0.25) is 0 Å². The molecule has 0 saturated heterocycles. The highest BCUT2D eigenvalue weighted by Gasteiger charge is 2.25. The molecule has 0 unspecified atom stereocenters. The van der Waals surface area contributed by atoms with E-state index in [0.29, 0.717) is 16.3 Å². The first-order valence-electron chi connectivity index (χ1n) is 9.08. The molecule has 0 fully saturated rings. The van der Waals surface area contributed by atoms with Crippen molar-refractivity contribution in [2.24, 2.45) is 0 Å². The zero-order chi connectivity index (χ0) is 21.1. The predicted octanol–water partition coefficient (Wildman–Crippen LogP) is 5.83. The minimum Gasteiger partial charge on any atom is -0.402 e. The molecule has 0 aliphatic carbocycles. The molecule has 4 rings (SSSR count). The Bertz CT molecular complexity index is 1170. The number of benzene rings is 3. The summed E-state index contributed by atoms with van der Waals surface area (Å²) in [6, 6.07) is 21.8. The molecule has 0 bridgehead atoms. The smallest absolute Gasteiger partial charge is 0.350 e. The molecule has 0 spiro atoms. The molecule has 30 heavy (non-hydrogen) atoms. The quantitative estimate of drug-likeness (QED) is 0.380. The van der Waals surface area contributed by atoms with E-state index in [4.69, 9.17) is 4.74 Å². The fourth-order valence-corrected chi connectivity index (χ4v) is 3.81. The summed E-state index contributed by atoms with van der Waals surface area (Å²) < 4.78 is 35.2. The van der Waals surface area contributed by atoms with E-state index >= 15 is 0 Å². The summed E-state index contributed by atoms with van der Waals surface area (Å²) in [5, 5.41) is 4.50. The molecular formula is C23H16F2N2O2S. The van der Waals surface area contributed by atoms with Gasteiger partial charge in [0.25, 0.3) is 0 Å². The lowest BCUT2D eigenvalue weighted by molar-refractivity contribution is 0.0708. The van der Waals surface area contributed by atoms with Crippen LogP contribution < -0.4 is 4.74 Å². The number of ether oxygens (including phenoxy) is 1. The molecule has 0 N–H and O–H groups in total. The summed E-state index contributed by atoms with van der Waals surface area (Å²) in [7, 11) is 0. The van der Waals surface area contributed by atoms with Crippen LogP contribution >= 0.6 is 11.8 Å². The predicted molar refractivity (Wildman–Crippen MR) is 110 cm³/mol. The molecule has 150 valence electrons. The molecule has 3 aromatic carbocycles. The minimum absolute atomic E-state index is 0.0974. The molecule has 1 aromatic heterocycles. The molecule has 1 heterocycles. The third kappa shape index (κ3) is 3.97. The molecule has 0 atom stereocenters. The Morgan fingerprint density at radius 3 is 2.13 bits per heavy atom. The van der Waals surface area contributed by atoms with Gasteiger partial charge in [0.1, 0.15) is 17.2 Å². The van der Waals surface area contributed by atoms with E-state index in [1.165, 1.54) is 22.5 Å². The topological polar surface area (TPSA) is 44.1 Å². The monoisotopic (exact) mass is 422 g/mol. The first kappa shape index (κ1) is 19.8. The average molecular weight is 422 g/mol. The maximum absolute atomic E-state index is 14.1. The Labute approximate surface area is 176 Å². The van der Waals surface area contributed by atoms with Crippen LogP contribution in [0.4, 0.5) is 8.78 Å². The molecule has 0 amide bonds. The van der Waals surface area contributed by atoms with Gasteiger partial charge in [0.05, 0.1) is 16.3 Å². The molecule has 0 aliphatic heterocycles. The summed E-state index contributed by atoms with van der Waals surface area (Å²) in [5.74, 6) is -3.00. The number of carbonyl (C=O) groups excluding carboxylic acids is 1. The van der Waals surface area contributed by atoms with E-state index < -0.39 is 23.2 Å². The van der Waals surface area contributed by atoms with Crippen LogP contribution in [0.3, 0.4) is 0 Å². The van der Waals surface area contributed by atoms with Crippen molar-refractivity contribution in [2.75, 3.05) is 0 Å². The van der Waals surface area contributed by atoms with Gasteiger partial charge in [-0.15, -0.1) is 0 Å². The van der Waals surface area contributed by atoms with Gasteiger partial charge in [-0.2, -0.15) is 9.78 Å². The lowest BCUT2D eigenvalue weighted by Crippen LogP contribution is -2.15. The van der Waals surface area contributed by atoms with Gasteiger partial charge in [0.2, 0.25) is 5.88 Å². The van der Waals surface area contributed by atoms with Crippen LogP contribution in [0.2, 0.25) is 0 Å². The van der Waals surface area contributed by atoms with Crippen molar-refractivity contribution in [1.82, 2.24) is 9.78 Å². The molecule has 7 heteroatoms. The van der Waals surface area contributed by atoms with Gasteiger partial charge in [-0.05, 0) is 43.3 Å². The number of carbonyl (C=O) groups is 1. The van der Waals surface area contributed by atoms with E-state index in [1.807, 2.05) is 48.5 Å². The van der Waals surface area contributed by atoms with Crippen molar-refractivity contribution >= 4 is 17.7 Å². The third-order valence-electron chi connectivity index (χ3n) is 4.29. The number of aryl methyl sites for hydroxylation is 1. The van der Waals surface area contributed by atoms with Crippen LogP contribution in [0.5, 0.6) is 5.88 Å². The SMILES string of the molecule is Cc1nn(-c2ccccc2)c(OC(=O)c2c(F)cccc2F)c1Sc1ccccc1. The maximum atomic E-state index is 14.1. The van der Waals surface area contributed by atoms with E-state index in [0.717, 1.165) is 17.0 Å². The van der Waals surface area contributed by atoms with Crippen LogP contribution in [0.15, 0.2) is 88.7 Å². The van der Waals surface area contributed by atoms with E-state index in [9.17, 15) is 13.6 Å². The lowest BCUT2D eigenvalue weighted by Gasteiger charge is -2.11. The maximum Gasteiger partial charge on any atom is 0.350 e. The fourth-order valence-electron chi connectivity index (χ4n) is 2.88. The van der Waals surface area contributed by atoms with E-state index in [-0.39, 0.29) is 5.88 Å². The van der Waals surface area contributed by atoms with Crippen LogP contribution in [0.25, 0.3) is 5.69 Å². The van der Waals surface area contributed by atoms with Gasteiger partial charge in [-0.25, -0.2) is 13.6 Å². The van der Waals surface area contributed by atoms with Gasteiger partial charge in [-0.1, -0.05) is 54.2 Å².